The minimum Gasteiger partial charge on any atom is -0.333 e. The molecule has 162 valence electrons. The highest BCUT2D eigenvalue weighted by Gasteiger charge is 2.35. The van der Waals surface area contributed by atoms with Gasteiger partial charge in [-0.25, -0.2) is 8.42 Å². The molecule has 9 heteroatoms. The predicted molar refractivity (Wildman–Crippen MR) is 111 cm³/mol. The van der Waals surface area contributed by atoms with Gasteiger partial charge in [-0.2, -0.15) is 10.4 Å². The number of carbonyl (C=O) groups excluding carboxylic acids is 1. The Labute approximate surface area is 174 Å². The SMILES string of the molecule is Cc1nn([C@H]2CCS(=O)(=O)C2)c(C)c1C[NH+](C)[C@@H](C)C(=O)N[C@@](C)(C#N)C(C)C. The molecule has 0 spiro atoms. The van der Waals surface area contributed by atoms with Gasteiger partial charge in [0.2, 0.25) is 0 Å². The fraction of sp³-hybridized carbons (Fsp3) is 0.750. The number of quaternary nitrogens is 1. The lowest BCUT2D eigenvalue weighted by Crippen LogP contribution is -3.12. The van der Waals surface area contributed by atoms with Gasteiger partial charge >= 0.3 is 0 Å². The van der Waals surface area contributed by atoms with E-state index in [1.807, 2.05) is 46.3 Å². The number of nitriles is 1. The molecule has 1 fully saturated rings. The molecular weight excluding hydrogens is 390 g/mol. The predicted octanol–water partition coefficient (Wildman–Crippen LogP) is 0.317. The van der Waals surface area contributed by atoms with Gasteiger partial charge in [-0.1, -0.05) is 13.8 Å². The van der Waals surface area contributed by atoms with Gasteiger partial charge in [0.1, 0.15) is 12.1 Å². The molecular formula is C20H34N5O3S+. The molecule has 1 aliphatic heterocycles. The Morgan fingerprint density at radius 3 is 2.52 bits per heavy atom. The van der Waals surface area contributed by atoms with E-state index in [9.17, 15) is 18.5 Å². The first-order chi connectivity index (χ1) is 13.3. The highest BCUT2D eigenvalue weighted by atomic mass is 32.2. The number of nitrogens with zero attached hydrogens (tertiary/aromatic N) is 3. The zero-order valence-corrected chi connectivity index (χ0v) is 19.4. The number of likely N-dealkylation sites (N-methyl/N-ethyl adjacent to an activating group) is 1. The van der Waals surface area contributed by atoms with Crippen molar-refractivity contribution in [1.29, 1.82) is 5.26 Å². The lowest BCUT2D eigenvalue weighted by atomic mass is 9.89. The standard InChI is InChI=1S/C20H33N5O3S/c1-13(2)20(6,12-21)22-19(26)16(5)24(7)10-18-14(3)23-25(15(18)4)17-8-9-29(27,28)11-17/h13,16-17H,8-11H2,1-7H3,(H,22,26)/p+1/t16-,17-,20-/m0/s1. The van der Waals surface area contributed by atoms with Crippen molar-refractivity contribution in [2.24, 2.45) is 5.92 Å². The second-order valence-corrected chi connectivity index (χ2v) is 11.1. The molecule has 1 aromatic rings. The maximum absolute atomic E-state index is 12.7. The van der Waals surface area contributed by atoms with Crippen molar-refractivity contribution >= 4 is 15.7 Å². The molecule has 0 bridgehead atoms. The van der Waals surface area contributed by atoms with Gasteiger partial charge < -0.3 is 10.2 Å². The summed E-state index contributed by atoms with van der Waals surface area (Å²) in [5, 5.41) is 16.9. The number of hydrogen-bond acceptors (Lipinski definition) is 5. The van der Waals surface area contributed by atoms with Crippen LogP contribution in [-0.2, 0) is 21.2 Å². The van der Waals surface area contributed by atoms with Crippen LogP contribution in [0.1, 0.15) is 57.1 Å². The Kier molecular flexibility index (Phi) is 6.80. The largest absolute Gasteiger partial charge is 0.333 e. The van der Waals surface area contributed by atoms with Crippen LogP contribution in [0.15, 0.2) is 0 Å². The molecule has 1 saturated heterocycles. The molecule has 1 aromatic heterocycles. The van der Waals surface area contributed by atoms with Crippen molar-refractivity contribution in [3.63, 3.8) is 0 Å². The van der Waals surface area contributed by atoms with Crippen LogP contribution in [0.2, 0.25) is 0 Å². The van der Waals surface area contributed by atoms with Crippen LogP contribution < -0.4 is 10.2 Å². The van der Waals surface area contributed by atoms with Crippen molar-refractivity contribution < 1.29 is 18.1 Å². The first-order valence-corrected chi connectivity index (χ1v) is 11.9. The van der Waals surface area contributed by atoms with Crippen molar-refractivity contribution in [2.45, 2.75) is 72.1 Å². The Hall–Kier alpha value is -1.92. The summed E-state index contributed by atoms with van der Waals surface area (Å²) in [4.78, 5) is 13.7. The van der Waals surface area contributed by atoms with Crippen LogP contribution in [0.25, 0.3) is 0 Å². The second kappa shape index (κ2) is 8.44. The Morgan fingerprint density at radius 2 is 2.03 bits per heavy atom. The summed E-state index contributed by atoms with van der Waals surface area (Å²) in [6.07, 6.45) is 0.590. The monoisotopic (exact) mass is 424 g/mol. The summed E-state index contributed by atoms with van der Waals surface area (Å²) in [7, 11) is -1.04. The number of aryl methyl sites for hydroxylation is 1. The molecule has 29 heavy (non-hydrogen) atoms. The van der Waals surface area contributed by atoms with E-state index < -0.39 is 15.4 Å². The molecule has 1 amide bonds. The molecule has 2 rings (SSSR count). The fourth-order valence-corrected chi connectivity index (χ4v) is 5.29. The van der Waals surface area contributed by atoms with E-state index in [1.54, 1.807) is 6.92 Å². The summed E-state index contributed by atoms with van der Waals surface area (Å²) in [5.74, 6) is 0.179. The molecule has 0 saturated carbocycles. The van der Waals surface area contributed by atoms with Crippen molar-refractivity contribution in [3.05, 3.63) is 17.0 Å². The van der Waals surface area contributed by atoms with Crippen molar-refractivity contribution in [2.75, 3.05) is 18.6 Å². The average Bonchev–Trinajstić information content (AvgIpc) is 3.13. The lowest BCUT2D eigenvalue weighted by Gasteiger charge is -2.30. The summed E-state index contributed by atoms with van der Waals surface area (Å²) < 4.78 is 25.5. The maximum Gasteiger partial charge on any atom is 0.279 e. The minimum absolute atomic E-state index is 0.00522. The molecule has 1 aliphatic rings. The van der Waals surface area contributed by atoms with Gasteiger partial charge in [-0.15, -0.1) is 0 Å². The molecule has 0 radical (unpaired) electrons. The number of amides is 1. The molecule has 1 unspecified atom stereocenters. The van der Waals surface area contributed by atoms with E-state index in [2.05, 4.69) is 16.5 Å². The molecule has 2 N–H and O–H groups in total. The average molecular weight is 425 g/mol. The van der Waals surface area contributed by atoms with Crippen LogP contribution in [0.4, 0.5) is 0 Å². The van der Waals surface area contributed by atoms with Crippen molar-refractivity contribution in [1.82, 2.24) is 15.1 Å². The van der Waals surface area contributed by atoms with E-state index in [1.165, 1.54) is 0 Å². The third kappa shape index (κ3) is 4.98. The zero-order chi connectivity index (χ0) is 22.1. The fourth-order valence-electron chi connectivity index (χ4n) is 3.60. The Bertz CT molecular complexity index is 915. The zero-order valence-electron chi connectivity index (χ0n) is 18.5. The first kappa shape index (κ1) is 23.4. The smallest absolute Gasteiger partial charge is 0.279 e. The summed E-state index contributed by atoms with van der Waals surface area (Å²) in [5.41, 5.74) is 1.96. The summed E-state index contributed by atoms with van der Waals surface area (Å²) >= 11 is 0. The number of hydrogen-bond donors (Lipinski definition) is 2. The highest BCUT2D eigenvalue weighted by Crippen LogP contribution is 2.26. The van der Waals surface area contributed by atoms with Crippen LogP contribution >= 0.6 is 0 Å². The quantitative estimate of drug-likeness (QED) is 0.655. The topological polar surface area (TPSA) is 109 Å². The first-order valence-electron chi connectivity index (χ1n) is 10.1. The Morgan fingerprint density at radius 1 is 1.41 bits per heavy atom. The number of rotatable bonds is 7. The van der Waals surface area contributed by atoms with E-state index >= 15 is 0 Å². The van der Waals surface area contributed by atoms with Crippen LogP contribution in [0.5, 0.6) is 0 Å². The highest BCUT2D eigenvalue weighted by molar-refractivity contribution is 7.91. The number of aromatic nitrogens is 2. The normalized spacial score (nSPS) is 22.7. The van der Waals surface area contributed by atoms with E-state index in [0.717, 1.165) is 21.9 Å². The third-order valence-corrected chi connectivity index (χ3v) is 8.14. The second-order valence-electron chi connectivity index (χ2n) is 8.85. The van der Waals surface area contributed by atoms with Crippen LogP contribution in [-0.4, -0.2) is 54.2 Å². The molecule has 2 heterocycles. The van der Waals surface area contributed by atoms with Gasteiger partial charge in [-0.05, 0) is 40.0 Å². The van der Waals surface area contributed by atoms with E-state index in [4.69, 9.17) is 0 Å². The van der Waals surface area contributed by atoms with Gasteiger partial charge in [-0.3, -0.25) is 9.48 Å². The van der Waals surface area contributed by atoms with Gasteiger partial charge in [0.05, 0.1) is 41.9 Å². The summed E-state index contributed by atoms with van der Waals surface area (Å²) in [6, 6.07) is 1.74. The van der Waals surface area contributed by atoms with Crippen molar-refractivity contribution in [3.8, 4) is 6.07 Å². The van der Waals surface area contributed by atoms with Gasteiger partial charge in [0.25, 0.3) is 5.91 Å². The molecule has 4 atom stereocenters. The molecule has 8 nitrogen and oxygen atoms in total. The minimum atomic E-state index is -2.98. The van der Waals surface area contributed by atoms with Gasteiger partial charge in [0, 0.05) is 5.69 Å². The Balaban J connectivity index is 2.13. The number of carbonyl (C=O) groups is 1. The van der Waals surface area contributed by atoms with E-state index in [0.29, 0.717) is 13.0 Å². The molecule has 0 aliphatic carbocycles. The molecule has 0 aromatic carbocycles. The van der Waals surface area contributed by atoms with Gasteiger partial charge in [0.15, 0.2) is 15.9 Å². The number of sulfone groups is 1. The lowest BCUT2D eigenvalue weighted by molar-refractivity contribution is -0.908. The summed E-state index contributed by atoms with van der Waals surface area (Å²) in [6.45, 7) is 11.9. The maximum atomic E-state index is 12.7. The number of nitrogens with one attached hydrogen (secondary N) is 2. The van der Waals surface area contributed by atoms with Crippen LogP contribution in [0.3, 0.4) is 0 Å². The van der Waals surface area contributed by atoms with Crippen LogP contribution in [0, 0.1) is 31.1 Å². The third-order valence-electron chi connectivity index (χ3n) is 6.39. The van der Waals surface area contributed by atoms with E-state index in [-0.39, 0.29) is 35.4 Å².